The molecule has 8 atom stereocenters. The van der Waals surface area contributed by atoms with Gasteiger partial charge >= 0.3 is 0 Å². The second kappa shape index (κ2) is 25.7. The molecule has 34 heteroatoms. The molecule has 18 nitrogen and oxygen atoms in total. The first-order valence-electron chi connectivity index (χ1n) is 25.9. The van der Waals surface area contributed by atoms with Crippen LogP contribution in [0.25, 0.3) is 11.5 Å². The normalized spacial score (nSPS) is 24.8. The number of nitrogens with two attached hydrogens (primary N) is 2. The number of ketones is 4. The van der Waals surface area contributed by atoms with Crippen LogP contribution in [0.3, 0.4) is 0 Å². The van der Waals surface area contributed by atoms with Crippen molar-refractivity contribution >= 4 is 163 Å². The summed E-state index contributed by atoms with van der Waals surface area (Å²) in [6, 6.07) is 3.63. The molecule has 6 aliphatic rings. The summed E-state index contributed by atoms with van der Waals surface area (Å²) >= 11 is 0. The van der Waals surface area contributed by atoms with Gasteiger partial charge in [0.15, 0.2) is 22.8 Å². The van der Waals surface area contributed by atoms with E-state index in [1.807, 2.05) is 0 Å². The average Bonchev–Trinajstić information content (AvgIpc) is 2.49. The molecule has 0 heterocycles. The molecule has 0 unspecified atom stereocenters. The number of aliphatic hydroxyl groups is 6. The van der Waals surface area contributed by atoms with E-state index in [1.54, 1.807) is 34.3 Å². The van der Waals surface area contributed by atoms with Crippen LogP contribution in [0.4, 0.5) is 0 Å². The van der Waals surface area contributed by atoms with E-state index in [0.29, 0.717) is 22.3 Å². The van der Waals surface area contributed by atoms with Crippen LogP contribution in [-0.2, 0) is 41.6 Å². The van der Waals surface area contributed by atoms with Crippen LogP contribution >= 0.6 is 0 Å². The molecule has 6 aliphatic carbocycles. The molecule has 19 radical (unpaired) electrons. The number of carbonyl (C=O) groups is 6. The molecule has 12 N–H and O–H groups in total. The first kappa shape index (κ1) is 67.8. The van der Waals surface area contributed by atoms with Gasteiger partial charge in [0.05, 0.1) is 23.2 Å². The van der Waals surface area contributed by atoms with E-state index in [1.165, 1.54) is 35.1 Å². The van der Waals surface area contributed by atoms with E-state index in [-0.39, 0.29) is 65.8 Å². The number of carbonyl (C=O) groups excluding carboxylic acids is 6. The SMILES string of the molecule is C#Cc1ccc(O)c2c1C[C@H]1C[C@H]3[C@H](N(C)C)C(=O)C(C(N)=O)=C(O)[C@@]3(O)C(=O)C1=C2O.CN(C)[C@@H]1C(=O)C(C(N)=O)=C(O)[C@@]2(O)C(=O)C3=C(O)c4c(O)ccc(C#C[Si](C)(C)C)c4C[C@H]3C[C@@H]12.[B]B([B])B([B])B([B])[B].[B][B]B([B])B([B])[B]. The predicted molar refractivity (Wildman–Crippen MR) is 333 cm³/mol. The lowest BCUT2D eigenvalue weighted by atomic mass is 8.68. The van der Waals surface area contributed by atoms with Crippen molar-refractivity contribution in [3.8, 4) is 35.3 Å². The summed E-state index contributed by atoms with van der Waals surface area (Å²) in [5, 5.41) is 87.8. The lowest BCUT2D eigenvalue weighted by molar-refractivity contribution is -0.155. The zero-order valence-electron chi connectivity index (χ0n) is 46.9. The summed E-state index contributed by atoms with van der Waals surface area (Å²) in [6.45, 7) is 6.26. The van der Waals surface area contributed by atoms with E-state index in [0.717, 1.165) is 0 Å². The van der Waals surface area contributed by atoms with E-state index in [9.17, 15) is 69.6 Å². The van der Waals surface area contributed by atoms with Gasteiger partial charge in [0.2, 0.25) is 11.6 Å². The minimum atomic E-state index is -2.65. The zero-order valence-corrected chi connectivity index (χ0v) is 47.9. The molecule has 0 aromatic heterocycles. The van der Waals surface area contributed by atoms with Crippen molar-refractivity contribution < 1.29 is 69.6 Å². The fourth-order valence-electron chi connectivity index (χ4n) is 11.4. The topological polar surface area (TPSA) is 323 Å². The summed E-state index contributed by atoms with van der Waals surface area (Å²) in [6.07, 6.45) is 3.31. The molecule has 83 heavy (non-hydrogen) atoms. The van der Waals surface area contributed by atoms with Crippen LogP contribution in [0.5, 0.6) is 11.5 Å². The maximum absolute atomic E-state index is 13.8. The molecule has 8 rings (SSSR count). The number of nitrogens with zero attached hydrogens (tertiary/aromatic N) is 2. The molecule has 2 aromatic carbocycles. The number of primary amides is 2. The van der Waals surface area contributed by atoms with Crippen LogP contribution in [0.1, 0.15) is 46.2 Å². The Hall–Kier alpha value is -6.03. The molecule has 0 saturated heterocycles. The smallest absolute Gasteiger partial charge is 0.255 e. The van der Waals surface area contributed by atoms with E-state index in [2.05, 4.69) is 37.0 Å². The van der Waals surface area contributed by atoms with Gasteiger partial charge in [-0.05, 0) is 101 Å². The summed E-state index contributed by atoms with van der Waals surface area (Å²) in [5.41, 5.74) is 8.66. The number of benzene rings is 2. The maximum Gasteiger partial charge on any atom is 0.255 e. The van der Waals surface area contributed by atoms with Crippen molar-refractivity contribution in [1.29, 1.82) is 0 Å². The Morgan fingerprint density at radius 3 is 1.29 bits per heavy atom. The summed E-state index contributed by atoms with van der Waals surface area (Å²) in [7, 11) is 51.8. The van der Waals surface area contributed by atoms with Crippen molar-refractivity contribution in [2.75, 3.05) is 28.2 Å². The van der Waals surface area contributed by atoms with E-state index >= 15 is 0 Å². The van der Waals surface area contributed by atoms with Crippen molar-refractivity contribution in [2.45, 2.75) is 68.6 Å². The highest BCUT2D eigenvalue weighted by Crippen LogP contribution is 2.55. The Kier molecular flexibility index (Phi) is 21.0. The van der Waals surface area contributed by atoms with Crippen molar-refractivity contribution in [3.63, 3.8) is 0 Å². The number of hydrogen-bond acceptors (Lipinski definition) is 16. The number of hydrogen-bond donors (Lipinski definition) is 10. The minimum Gasteiger partial charge on any atom is -0.508 e. The molecule has 2 amide bonds. The number of terminal acetylenes is 1. The number of Topliss-reactive ketones (excluding diaryl/α,β-unsaturated/α-hetero) is 4. The number of aliphatic hydroxyl groups excluding tert-OH is 4. The first-order valence-corrected chi connectivity index (χ1v) is 29.4. The average molecular weight is 1110 g/mol. The Bertz CT molecular complexity index is 3270. The highest BCUT2D eigenvalue weighted by molar-refractivity contribution is 7.89. The molecule has 2 aromatic rings. The quantitative estimate of drug-likeness (QED) is 0.0676. The second-order valence-corrected chi connectivity index (χ2v) is 27.4. The summed E-state index contributed by atoms with van der Waals surface area (Å²) in [4.78, 5) is 80.4. The largest absolute Gasteiger partial charge is 0.508 e. The van der Waals surface area contributed by atoms with Gasteiger partial charge < -0.3 is 52.3 Å². The van der Waals surface area contributed by atoms with Crippen LogP contribution < -0.4 is 11.5 Å². The number of amides is 2. The molecule has 0 bridgehead atoms. The molecule has 0 aliphatic heterocycles. The molecule has 0 spiro atoms. The lowest BCUT2D eigenvalue weighted by Gasteiger charge is -2.50. The number of fused-ring (bicyclic) bond motifs is 6. The highest BCUT2D eigenvalue weighted by atomic mass is 28.3. The number of likely N-dealkylation sites (N-methyl/N-ethyl adjacent to an activating group) is 2. The Morgan fingerprint density at radius 2 is 1.01 bits per heavy atom. The van der Waals surface area contributed by atoms with Crippen LogP contribution in [-0.4, -0.2) is 254 Å². The molecule has 401 valence electrons. The zero-order chi connectivity index (χ0) is 63.2. The number of aromatic hydroxyl groups is 2. The Morgan fingerprint density at radius 1 is 0.651 bits per heavy atom. The fourth-order valence-corrected chi connectivity index (χ4v) is 11.9. The van der Waals surface area contributed by atoms with Crippen molar-refractivity contribution in [3.05, 3.63) is 91.5 Å². The highest BCUT2D eigenvalue weighted by Gasteiger charge is 2.66. The fraction of sp³-hybridized carbons (Fsp3) is 0.388. The summed E-state index contributed by atoms with van der Waals surface area (Å²) in [5.74, 6) is -7.87. The standard InChI is InChI=1S/C26H30N2O7Si.C23H22N2O7.B8.B7/c1-28(2)20-15-11-13-10-14-12(8-9-36(3,4)5)6-7-16(29)18(14)21(30)17(13)23(32)26(15,35)24(33)19(22(20)31)25(27)34;1-4-9-5-6-13(26)15-11(9)7-10-8-12-17(25(2)3)19(28)16(22(24)31)21(30)23(12,32)20(29)14(10)18(15)27;1-6(2)8(5)7(3)4;1-5-7(4)6(2)3/h6-7,13,15,20,29-30,33,35H,10-11H2,1-5H3,(H2,27,34);1,5-6,10,12,17,26-27,30,32H,7-8H2,2-3H3,(H2,24,31);;/t13-,15-,20-,26-;10-,12-,17-,23-;;/m00../s1. The summed E-state index contributed by atoms with van der Waals surface area (Å²) < 4.78 is 0. The Balaban J connectivity index is 0.000000245. The lowest BCUT2D eigenvalue weighted by Crippen LogP contribution is -2.65. The van der Waals surface area contributed by atoms with E-state index in [4.69, 9.17) is 87.5 Å². The molecular formula is C49H52B15N4O14Si. The van der Waals surface area contributed by atoms with Gasteiger partial charge in [-0.1, -0.05) is 31.5 Å². The van der Waals surface area contributed by atoms with Gasteiger partial charge in [-0.25, -0.2) is 0 Å². The predicted octanol–water partition coefficient (Wildman–Crippen LogP) is -4.57. The third kappa shape index (κ3) is 12.6. The first-order chi connectivity index (χ1) is 38.3. The molecule has 2 fully saturated rings. The molecule has 2 saturated carbocycles. The van der Waals surface area contributed by atoms with Gasteiger partial charge in [0.1, 0.15) is 53.8 Å². The second-order valence-electron chi connectivity index (χ2n) is 22.6. The maximum atomic E-state index is 13.8. The van der Waals surface area contributed by atoms with Crippen LogP contribution in [0.2, 0.25) is 19.6 Å². The third-order valence-electron chi connectivity index (χ3n) is 15.5. The van der Waals surface area contributed by atoms with Crippen molar-refractivity contribution in [2.24, 2.45) is 35.1 Å². The van der Waals surface area contributed by atoms with Gasteiger partial charge in [-0.15, -0.1) is 12.0 Å². The van der Waals surface area contributed by atoms with E-state index < -0.39 is 150 Å². The number of phenols is 2. The third-order valence-corrected chi connectivity index (χ3v) is 16.4. The van der Waals surface area contributed by atoms with Gasteiger partial charge in [0, 0.05) is 143 Å². The van der Waals surface area contributed by atoms with Crippen LogP contribution in [0.15, 0.2) is 58.1 Å². The van der Waals surface area contributed by atoms with Gasteiger partial charge in [-0.2, -0.15) is 0 Å². The van der Waals surface area contributed by atoms with Gasteiger partial charge in [-0.3, -0.25) is 38.6 Å². The monoisotopic (exact) mass is 1110 g/mol. The number of phenolic OH excluding ortho intramolecular Hbond substituents is 2. The van der Waals surface area contributed by atoms with Crippen LogP contribution in [0, 0.1) is 47.5 Å². The van der Waals surface area contributed by atoms with Crippen molar-refractivity contribution in [1.82, 2.24) is 9.80 Å². The van der Waals surface area contributed by atoms with Gasteiger partial charge in [0.25, 0.3) is 11.8 Å². The molecular weight excluding hydrogens is 1060 g/mol. The number of rotatable bonds is 8. The Labute approximate surface area is 498 Å². The minimum absolute atomic E-state index is 0.0169.